The quantitative estimate of drug-likeness (QED) is 0.304. The molecule has 2 bridgehead atoms. The molecule has 134 valence electrons. The Kier molecular flexibility index (Phi) is 5.56. The van der Waals surface area contributed by atoms with Gasteiger partial charge in [0.1, 0.15) is 13.2 Å². The van der Waals surface area contributed by atoms with Crippen molar-refractivity contribution < 1.29 is 37.4 Å². The van der Waals surface area contributed by atoms with Crippen LogP contribution in [-0.2, 0) is 28.6 Å². The van der Waals surface area contributed by atoms with Crippen molar-refractivity contribution in [3.05, 3.63) is 12.2 Å². The van der Waals surface area contributed by atoms with E-state index < -0.39 is 43.1 Å². The monoisotopic (exact) mass is 346 g/mol. The van der Waals surface area contributed by atoms with Crippen LogP contribution in [0.5, 0.6) is 0 Å². The van der Waals surface area contributed by atoms with Crippen LogP contribution in [0.3, 0.4) is 0 Å². The zero-order chi connectivity index (χ0) is 17.9. The number of ether oxygens (including phenoxy) is 3. The molecule has 0 aromatic carbocycles. The van der Waals surface area contributed by atoms with Crippen molar-refractivity contribution in [1.82, 2.24) is 0 Å². The molecule has 6 nitrogen and oxygen atoms in total. The number of esters is 3. The van der Waals surface area contributed by atoms with Gasteiger partial charge in [0, 0.05) is 5.57 Å². The van der Waals surface area contributed by atoms with Crippen LogP contribution in [0.1, 0.15) is 32.6 Å². The second kappa shape index (κ2) is 7.27. The fourth-order valence-corrected chi connectivity index (χ4v) is 3.25. The van der Waals surface area contributed by atoms with Crippen LogP contribution in [-0.4, -0.2) is 37.2 Å². The first-order valence-corrected chi connectivity index (χ1v) is 7.81. The second-order valence-electron chi connectivity index (χ2n) is 6.27. The summed E-state index contributed by atoms with van der Waals surface area (Å²) >= 11 is 0. The maximum atomic E-state index is 13.6. The second-order valence-corrected chi connectivity index (χ2v) is 6.27. The molecule has 0 radical (unpaired) electrons. The van der Waals surface area contributed by atoms with Crippen molar-refractivity contribution in [2.45, 2.75) is 38.7 Å². The minimum atomic E-state index is -4.35. The van der Waals surface area contributed by atoms with Gasteiger partial charge in [-0.1, -0.05) is 13.0 Å². The molecular formula is C16H20F2O6. The molecule has 8 heteroatoms. The van der Waals surface area contributed by atoms with Crippen LogP contribution >= 0.6 is 0 Å². The Morgan fingerprint density at radius 2 is 1.79 bits per heavy atom. The molecule has 0 N–H and O–H groups in total. The highest BCUT2D eigenvalue weighted by molar-refractivity contribution is 5.87. The number of hydrogen-bond donors (Lipinski definition) is 0. The zero-order valence-corrected chi connectivity index (χ0v) is 13.4. The van der Waals surface area contributed by atoms with Gasteiger partial charge in [-0.3, -0.25) is 4.79 Å². The van der Waals surface area contributed by atoms with E-state index in [0.717, 1.165) is 19.3 Å². The van der Waals surface area contributed by atoms with E-state index in [0.29, 0.717) is 12.3 Å². The maximum absolute atomic E-state index is 13.6. The first-order valence-electron chi connectivity index (χ1n) is 7.81. The Labute approximate surface area is 138 Å². The van der Waals surface area contributed by atoms with Gasteiger partial charge >= 0.3 is 24.0 Å². The lowest BCUT2D eigenvalue weighted by molar-refractivity contribution is -0.248. The van der Waals surface area contributed by atoms with Crippen molar-refractivity contribution in [2.24, 2.45) is 17.8 Å². The van der Waals surface area contributed by atoms with Crippen molar-refractivity contribution in [2.75, 3.05) is 13.2 Å². The van der Waals surface area contributed by atoms with E-state index in [2.05, 4.69) is 20.8 Å². The standard InChI is InChI=1S/C16H20F2O6/c1-9(2)13(19)22-5-6-23-15(21)16(17,18)24-14(20)12-8-10-3-4-11(12)7-10/h10-12H,1,3-8H2,2H3. The van der Waals surface area contributed by atoms with Gasteiger partial charge in [0.05, 0.1) is 5.92 Å². The summed E-state index contributed by atoms with van der Waals surface area (Å²) in [5, 5.41) is 0. The Morgan fingerprint density at radius 1 is 1.12 bits per heavy atom. The average molecular weight is 346 g/mol. The molecule has 2 aliphatic rings. The van der Waals surface area contributed by atoms with Crippen LogP contribution in [0.2, 0.25) is 0 Å². The minimum absolute atomic E-state index is 0.0656. The molecule has 0 amide bonds. The molecule has 0 aromatic rings. The summed E-state index contributed by atoms with van der Waals surface area (Å²) in [4.78, 5) is 34.3. The molecule has 2 aliphatic carbocycles. The smallest absolute Gasteiger partial charge is 0.459 e. The first kappa shape index (κ1) is 18.4. The molecular weight excluding hydrogens is 326 g/mol. The van der Waals surface area contributed by atoms with E-state index >= 15 is 0 Å². The molecule has 0 heterocycles. The summed E-state index contributed by atoms with van der Waals surface area (Å²) in [6, 6.07) is 0. The molecule has 2 rings (SSSR count). The molecule has 2 fully saturated rings. The third-order valence-electron chi connectivity index (χ3n) is 4.41. The summed E-state index contributed by atoms with van der Waals surface area (Å²) < 4.78 is 40.2. The van der Waals surface area contributed by atoms with Crippen molar-refractivity contribution >= 4 is 17.9 Å². The number of carbonyl (C=O) groups is 3. The van der Waals surface area contributed by atoms with Gasteiger partial charge in [0.15, 0.2) is 0 Å². The SMILES string of the molecule is C=C(C)C(=O)OCCOC(=O)C(F)(F)OC(=O)C1CC2CCC1C2. The number of alkyl halides is 2. The molecule has 0 saturated heterocycles. The van der Waals surface area contributed by atoms with Gasteiger partial charge in [-0.05, 0) is 38.0 Å². The van der Waals surface area contributed by atoms with Crippen LogP contribution in [0.15, 0.2) is 12.2 Å². The lowest BCUT2D eigenvalue weighted by atomic mass is 9.89. The Morgan fingerprint density at radius 3 is 2.33 bits per heavy atom. The lowest BCUT2D eigenvalue weighted by Crippen LogP contribution is -2.39. The summed E-state index contributed by atoms with van der Waals surface area (Å²) in [7, 11) is 0. The molecule has 0 aromatic heterocycles. The van der Waals surface area contributed by atoms with E-state index in [4.69, 9.17) is 0 Å². The summed E-state index contributed by atoms with van der Waals surface area (Å²) in [5.41, 5.74) is 0.131. The maximum Gasteiger partial charge on any atom is 0.504 e. The van der Waals surface area contributed by atoms with Gasteiger partial charge in [0.25, 0.3) is 0 Å². The van der Waals surface area contributed by atoms with E-state index in [9.17, 15) is 23.2 Å². The van der Waals surface area contributed by atoms with Crippen molar-refractivity contribution in [3.8, 4) is 0 Å². The van der Waals surface area contributed by atoms with Crippen LogP contribution in [0.25, 0.3) is 0 Å². The predicted octanol–water partition coefficient (Wildman–Crippen LogP) is 2.22. The van der Waals surface area contributed by atoms with E-state index in [1.54, 1.807) is 0 Å². The third kappa shape index (κ3) is 4.30. The highest BCUT2D eigenvalue weighted by Crippen LogP contribution is 2.49. The summed E-state index contributed by atoms with van der Waals surface area (Å²) in [6.45, 7) is 3.78. The van der Waals surface area contributed by atoms with E-state index in [1.165, 1.54) is 6.92 Å². The number of hydrogen-bond acceptors (Lipinski definition) is 6. The summed E-state index contributed by atoms with van der Waals surface area (Å²) in [6.07, 6.45) is -1.13. The van der Waals surface area contributed by atoms with Crippen LogP contribution < -0.4 is 0 Å². The number of fused-ring (bicyclic) bond motifs is 2. The zero-order valence-electron chi connectivity index (χ0n) is 13.4. The molecule has 0 spiro atoms. The topological polar surface area (TPSA) is 78.9 Å². The van der Waals surface area contributed by atoms with Gasteiger partial charge in [-0.15, -0.1) is 0 Å². The van der Waals surface area contributed by atoms with Crippen molar-refractivity contribution in [3.63, 3.8) is 0 Å². The normalized spacial score (nSPS) is 25.2. The Bertz CT molecular complexity index is 545. The minimum Gasteiger partial charge on any atom is -0.459 e. The molecule has 3 unspecified atom stereocenters. The molecule has 24 heavy (non-hydrogen) atoms. The molecule has 3 atom stereocenters. The number of rotatable bonds is 7. The Balaban J connectivity index is 1.75. The fraction of sp³-hybridized carbons (Fsp3) is 0.688. The van der Waals surface area contributed by atoms with E-state index in [1.807, 2.05) is 0 Å². The molecule has 0 aliphatic heterocycles. The average Bonchev–Trinajstić information content (AvgIpc) is 3.13. The van der Waals surface area contributed by atoms with Gasteiger partial charge < -0.3 is 14.2 Å². The fourth-order valence-electron chi connectivity index (χ4n) is 3.25. The largest absolute Gasteiger partial charge is 0.504 e. The Hall–Kier alpha value is -1.99. The van der Waals surface area contributed by atoms with Crippen molar-refractivity contribution in [1.29, 1.82) is 0 Å². The number of carbonyl (C=O) groups excluding carboxylic acids is 3. The highest BCUT2D eigenvalue weighted by Gasteiger charge is 2.50. The highest BCUT2D eigenvalue weighted by atomic mass is 19.3. The van der Waals surface area contributed by atoms with Crippen LogP contribution in [0, 0.1) is 17.8 Å². The van der Waals surface area contributed by atoms with Crippen LogP contribution in [0.4, 0.5) is 8.78 Å². The van der Waals surface area contributed by atoms with Gasteiger partial charge in [0.2, 0.25) is 0 Å². The molecule has 2 saturated carbocycles. The van der Waals surface area contributed by atoms with Gasteiger partial charge in [-0.2, -0.15) is 8.78 Å². The first-order chi connectivity index (χ1) is 11.2. The lowest BCUT2D eigenvalue weighted by Gasteiger charge is -2.22. The summed E-state index contributed by atoms with van der Waals surface area (Å²) in [5.74, 6) is -3.88. The van der Waals surface area contributed by atoms with Gasteiger partial charge in [-0.25, -0.2) is 9.59 Å². The third-order valence-corrected chi connectivity index (χ3v) is 4.41. The predicted molar refractivity (Wildman–Crippen MR) is 76.7 cm³/mol. The van der Waals surface area contributed by atoms with E-state index in [-0.39, 0.29) is 11.5 Å². The number of halogens is 2.